The monoisotopic (exact) mass is 315 g/mol. The zero-order valence-electron chi connectivity index (χ0n) is 13.2. The van der Waals surface area contributed by atoms with Gasteiger partial charge in [-0.3, -0.25) is 0 Å². The van der Waals surface area contributed by atoms with Crippen LogP contribution in [0.3, 0.4) is 0 Å². The first-order chi connectivity index (χ1) is 11.1. The largest absolute Gasteiger partial charge is 0.501 e. The molecular formula is C17H17NO5. The quantitative estimate of drug-likeness (QED) is 0.611. The highest BCUT2D eigenvalue weighted by atomic mass is 16.5. The Morgan fingerprint density at radius 1 is 1.13 bits per heavy atom. The van der Waals surface area contributed by atoms with Crippen molar-refractivity contribution in [3.63, 3.8) is 0 Å². The Bertz CT molecular complexity index is 716. The summed E-state index contributed by atoms with van der Waals surface area (Å²) in [5, 5.41) is 2.86. The molecule has 0 fully saturated rings. The van der Waals surface area contributed by atoms with Gasteiger partial charge in [0.2, 0.25) is 0 Å². The first-order valence-corrected chi connectivity index (χ1v) is 6.90. The number of nitroso groups, excluding NO2 is 1. The lowest BCUT2D eigenvalue weighted by Gasteiger charge is -2.14. The second-order valence-electron chi connectivity index (χ2n) is 4.71. The third kappa shape index (κ3) is 3.48. The van der Waals surface area contributed by atoms with Crippen LogP contribution in [0.5, 0.6) is 0 Å². The lowest BCUT2D eigenvalue weighted by atomic mass is 9.97. The maximum absolute atomic E-state index is 12.1. The van der Waals surface area contributed by atoms with Crippen molar-refractivity contribution in [1.82, 2.24) is 0 Å². The molecule has 1 aliphatic rings. The third-order valence-electron chi connectivity index (χ3n) is 3.48. The smallest absolute Gasteiger partial charge is 0.338 e. The molecule has 0 N–H and O–H groups in total. The van der Waals surface area contributed by atoms with E-state index in [0.29, 0.717) is 23.3 Å². The number of hydrogen-bond donors (Lipinski definition) is 0. The molecule has 1 aromatic carbocycles. The van der Waals surface area contributed by atoms with Crippen LogP contribution in [0.25, 0.3) is 5.57 Å². The minimum absolute atomic E-state index is 0.152. The zero-order valence-corrected chi connectivity index (χ0v) is 13.2. The van der Waals surface area contributed by atoms with Gasteiger partial charge in [-0.2, -0.15) is 0 Å². The topological polar surface area (TPSA) is 74.2 Å². The molecule has 0 unspecified atom stereocenters. The lowest BCUT2D eigenvalue weighted by molar-refractivity contribution is 0.0600. The van der Waals surface area contributed by atoms with Gasteiger partial charge < -0.3 is 14.2 Å². The summed E-state index contributed by atoms with van der Waals surface area (Å²) < 4.78 is 15.5. The third-order valence-corrected chi connectivity index (χ3v) is 3.48. The van der Waals surface area contributed by atoms with Crippen LogP contribution in [-0.2, 0) is 14.2 Å². The van der Waals surface area contributed by atoms with Crippen molar-refractivity contribution in [3.8, 4) is 0 Å². The molecule has 23 heavy (non-hydrogen) atoms. The molecule has 6 heteroatoms. The Labute approximate surface area is 134 Å². The van der Waals surface area contributed by atoms with Gasteiger partial charge in [0.25, 0.3) is 0 Å². The molecule has 0 bridgehead atoms. The van der Waals surface area contributed by atoms with Crippen molar-refractivity contribution in [3.05, 3.63) is 64.0 Å². The Morgan fingerprint density at radius 2 is 1.91 bits per heavy atom. The Hall–Kier alpha value is -2.89. The van der Waals surface area contributed by atoms with Crippen LogP contribution in [-0.4, -0.2) is 27.3 Å². The number of esters is 1. The highest BCUT2D eigenvalue weighted by molar-refractivity contribution is 5.98. The van der Waals surface area contributed by atoms with Crippen LogP contribution in [0.2, 0.25) is 0 Å². The second kappa shape index (κ2) is 7.40. The molecule has 0 saturated carbocycles. The molecule has 0 radical (unpaired) electrons. The predicted molar refractivity (Wildman–Crippen MR) is 86.0 cm³/mol. The number of allylic oxidation sites excluding steroid dienone is 4. The number of carbonyl (C=O) groups is 1. The van der Waals surface area contributed by atoms with E-state index in [-0.39, 0.29) is 11.3 Å². The summed E-state index contributed by atoms with van der Waals surface area (Å²) in [5.74, 6) is 0.813. The highest BCUT2D eigenvalue weighted by Gasteiger charge is 2.20. The van der Waals surface area contributed by atoms with E-state index < -0.39 is 5.97 Å². The Morgan fingerprint density at radius 3 is 2.52 bits per heavy atom. The molecule has 0 aliphatic heterocycles. The van der Waals surface area contributed by atoms with E-state index in [1.807, 2.05) is 12.2 Å². The molecule has 0 aromatic heterocycles. The number of benzene rings is 1. The van der Waals surface area contributed by atoms with E-state index in [1.165, 1.54) is 19.2 Å². The summed E-state index contributed by atoms with van der Waals surface area (Å²) in [6.07, 6.45) is 6.05. The van der Waals surface area contributed by atoms with Crippen LogP contribution >= 0.6 is 0 Å². The van der Waals surface area contributed by atoms with Crippen molar-refractivity contribution in [2.24, 2.45) is 5.18 Å². The van der Waals surface area contributed by atoms with E-state index in [9.17, 15) is 9.70 Å². The van der Waals surface area contributed by atoms with Crippen LogP contribution in [0.15, 0.2) is 53.1 Å². The fourth-order valence-corrected chi connectivity index (χ4v) is 2.30. The van der Waals surface area contributed by atoms with Gasteiger partial charge in [-0.1, -0.05) is 6.07 Å². The number of methoxy groups -OCH3 is 3. The minimum Gasteiger partial charge on any atom is -0.501 e. The SMILES string of the molecule is COC(=O)c1cc(N=O)ccc1C1=CC=C(OC)CC=C1OC. The maximum Gasteiger partial charge on any atom is 0.338 e. The van der Waals surface area contributed by atoms with Crippen molar-refractivity contribution >= 4 is 17.2 Å². The second-order valence-corrected chi connectivity index (χ2v) is 4.71. The normalized spacial score (nSPS) is 14.0. The van der Waals surface area contributed by atoms with E-state index >= 15 is 0 Å². The van der Waals surface area contributed by atoms with Crippen LogP contribution in [0.1, 0.15) is 22.3 Å². The van der Waals surface area contributed by atoms with Crippen LogP contribution < -0.4 is 0 Å². The molecule has 2 rings (SSSR count). The van der Waals surface area contributed by atoms with Crippen molar-refractivity contribution in [1.29, 1.82) is 0 Å². The van der Waals surface area contributed by atoms with Gasteiger partial charge in [0.05, 0.1) is 32.7 Å². The summed E-state index contributed by atoms with van der Waals surface area (Å²) in [6, 6.07) is 4.58. The van der Waals surface area contributed by atoms with E-state index in [2.05, 4.69) is 5.18 Å². The zero-order chi connectivity index (χ0) is 16.8. The molecular weight excluding hydrogens is 298 g/mol. The maximum atomic E-state index is 12.1. The minimum atomic E-state index is -0.554. The fourth-order valence-electron chi connectivity index (χ4n) is 2.30. The summed E-state index contributed by atoms with van der Waals surface area (Å²) >= 11 is 0. The van der Waals surface area contributed by atoms with Crippen LogP contribution in [0, 0.1) is 4.91 Å². The number of nitrogens with zero attached hydrogens (tertiary/aromatic N) is 1. The van der Waals surface area contributed by atoms with E-state index in [4.69, 9.17) is 14.2 Å². The molecule has 120 valence electrons. The van der Waals surface area contributed by atoms with Crippen molar-refractivity contribution in [2.45, 2.75) is 6.42 Å². The Kier molecular flexibility index (Phi) is 5.30. The summed E-state index contributed by atoms with van der Waals surface area (Å²) in [6.45, 7) is 0. The average Bonchev–Trinajstić information content (AvgIpc) is 2.82. The van der Waals surface area contributed by atoms with Crippen LogP contribution in [0.4, 0.5) is 5.69 Å². The molecule has 0 saturated heterocycles. The number of hydrogen-bond acceptors (Lipinski definition) is 6. The molecule has 1 aliphatic carbocycles. The first kappa shape index (κ1) is 16.5. The van der Waals surface area contributed by atoms with Gasteiger partial charge >= 0.3 is 5.97 Å². The fraction of sp³-hybridized carbons (Fsp3) is 0.235. The van der Waals surface area contributed by atoms with Gasteiger partial charge in [-0.25, -0.2) is 4.79 Å². The Balaban J connectivity index is 2.62. The van der Waals surface area contributed by atoms with Crippen molar-refractivity contribution in [2.75, 3.05) is 21.3 Å². The first-order valence-electron chi connectivity index (χ1n) is 6.90. The van der Waals surface area contributed by atoms with E-state index in [0.717, 1.165) is 5.76 Å². The van der Waals surface area contributed by atoms with Gasteiger partial charge in [0.1, 0.15) is 11.4 Å². The summed E-state index contributed by atoms with van der Waals surface area (Å²) in [4.78, 5) is 22.8. The molecule has 6 nitrogen and oxygen atoms in total. The number of rotatable bonds is 5. The highest BCUT2D eigenvalue weighted by Crippen LogP contribution is 2.32. The van der Waals surface area contributed by atoms with Crippen molar-refractivity contribution < 1.29 is 19.0 Å². The predicted octanol–water partition coefficient (Wildman–Crippen LogP) is 3.72. The average molecular weight is 315 g/mol. The summed E-state index contributed by atoms with van der Waals surface area (Å²) in [5.41, 5.74) is 1.68. The van der Waals surface area contributed by atoms with Gasteiger partial charge in [-0.15, -0.1) is 4.91 Å². The van der Waals surface area contributed by atoms with E-state index in [1.54, 1.807) is 26.4 Å². The molecule has 0 amide bonds. The lowest BCUT2D eigenvalue weighted by Crippen LogP contribution is -2.06. The number of carbonyl (C=O) groups excluding carboxylic acids is 1. The van der Waals surface area contributed by atoms with Gasteiger partial charge in [-0.05, 0) is 35.5 Å². The summed E-state index contributed by atoms with van der Waals surface area (Å²) in [7, 11) is 4.43. The molecule has 0 atom stereocenters. The molecule has 1 aromatic rings. The standard InChI is InChI=1S/C17H17NO5/c1-21-12-5-8-14(16(22-2)9-6-12)13-7-4-11(18-20)10-15(13)17(19)23-3/h4-5,7-10H,6H2,1-3H3. The molecule has 0 heterocycles. The number of ether oxygens (including phenoxy) is 3. The van der Waals surface area contributed by atoms with Gasteiger partial charge in [0, 0.05) is 17.6 Å². The van der Waals surface area contributed by atoms with Gasteiger partial charge in [0.15, 0.2) is 0 Å². The molecule has 0 spiro atoms.